The minimum absolute atomic E-state index is 0.118. The standard InChI is InChI=1S/C13H17NO2S/c1-8-4-5-11-10(6-8)14(3)9(2)12(17-11)7-13(15)16/h4-6,9,12H,7H2,1-3H3,(H,15,16). The molecular weight excluding hydrogens is 234 g/mol. The maximum absolute atomic E-state index is 10.9. The molecule has 0 radical (unpaired) electrons. The molecule has 0 amide bonds. The van der Waals surface area contributed by atoms with Gasteiger partial charge in [0, 0.05) is 23.2 Å². The normalized spacial score (nSPS) is 23.4. The smallest absolute Gasteiger partial charge is 0.304 e. The van der Waals surface area contributed by atoms with Gasteiger partial charge >= 0.3 is 5.97 Å². The molecule has 1 N–H and O–H groups in total. The average Bonchev–Trinajstić information content (AvgIpc) is 2.26. The Morgan fingerprint density at radius 2 is 2.24 bits per heavy atom. The molecule has 1 aliphatic heterocycles. The van der Waals surface area contributed by atoms with E-state index < -0.39 is 5.97 Å². The van der Waals surface area contributed by atoms with Gasteiger partial charge in [-0.05, 0) is 31.5 Å². The Morgan fingerprint density at radius 3 is 2.88 bits per heavy atom. The molecule has 1 aromatic rings. The molecule has 1 heterocycles. The zero-order chi connectivity index (χ0) is 12.6. The molecule has 1 aliphatic rings. The fourth-order valence-corrected chi connectivity index (χ4v) is 3.52. The number of aryl methyl sites for hydroxylation is 1. The van der Waals surface area contributed by atoms with E-state index in [9.17, 15) is 4.79 Å². The lowest BCUT2D eigenvalue weighted by molar-refractivity contribution is -0.137. The molecule has 0 fully saturated rings. The molecule has 4 heteroatoms. The minimum atomic E-state index is -0.724. The first-order valence-electron chi connectivity index (χ1n) is 5.71. The second-order valence-corrected chi connectivity index (χ2v) is 5.86. The Labute approximate surface area is 106 Å². The lowest BCUT2D eigenvalue weighted by atomic mass is 10.1. The zero-order valence-corrected chi connectivity index (χ0v) is 11.1. The summed E-state index contributed by atoms with van der Waals surface area (Å²) in [5.41, 5.74) is 2.45. The molecule has 17 heavy (non-hydrogen) atoms. The number of benzene rings is 1. The highest BCUT2D eigenvalue weighted by atomic mass is 32.2. The summed E-state index contributed by atoms with van der Waals surface area (Å²) >= 11 is 1.68. The minimum Gasteiger partial charge on any atom is -0.481 e. The van der Waals surface area contributed by atoms with Crippen LogP contribution in [0.5, 0.6) is 0 Å². The second-order valence-electron chi connectivity index (χ2n) is 4.58. The lowest BCUT2D eigenvalue weighted by Gasteiger charge is -2.38. The summed E-state index contributed by atoms with van der Waals surface area (Å²) in [5, 5.41) is 9.05. The number of aliphatic carboxylic acids is 1. The van der Waals surface area contributed by atoms with Crippen LogP contribution in [0.2, 0.25) is 0 Å². The molecule has 0 bridgehead atoms. The van der Waals surface area contributed by atoms with Crippen LogP contribution in [0.1, 0.15) is 18.9 Å². The highest BCUT2D eigenvalue weighted by molar-refractivity contribution is 8.00. The number of carboxylic acids is 1. The molecule has 1 aromatic carbocycles. The average molecular weight is 251 g/mol. The number of hydrogen-bond donors (Lipinski definition) is 1. The van der Waals surface area contributed by atoms with Crippen molar-refractivity contribution in [2.24, 2.45) is 0 Å². The first kappa shape index (κ1) is 12.3. The van der Waals surface area contributed by atoms with Crippen molar-refractivity contribution in [3.8, 4) is 0 Å². The molecule has 0 aliphatic carbocycles. The van der Waals surface area contributed by atoms with Gasteiger partial charge in [-0.25, -0.2) is 0 Å². The summed E-state index contributed by atoms with van der Waals surface area (Å²) in [6, 6.07) is 6.57. The van der Waals surface area contributed by atoms with E-state index in [0.29, 0.717) is 0 Å². The second kappa shape index (κ2) is 4.61. The van der Waals surface area contributed by atoms with E-state index in [1.54, 1.807) is 11.8 Å². The van der Waals surface area contributed by atoms with Gasteiger partial charge in [-0.15, -0.1) is 11.8 Å². The third kappa shape index (κ3) is 2.41. The van der Waals surface area contributed by atoms with Gasteiger partial charge in [0.1, 0.15) is 0 Å². The Kier molecular flexibility index (Phi) is 3.33. The van der Waals surface area contributed by atoms with Crippen molar-refractivity contribution in [1.82, 2.24) is 0 Å². The highest BCUT2D eigenvalue weighted by Crippen LogP contribution is 2.42. The van der Waals surface area contributed by atoms with Crippen molar-refractivity contribution in [1.29, 1.82) is 0 Å². The third-order valence-corrected chi connectivity index (χ3v) is 4.76. The molecule has 0 saturated carbocycles. The third-order valence-electron chi connectivity index (χ3n) is 3.30. The van der Waals surface area contributed by atoms with Crippen LogP contribution in [0.25, 0.3) is 0 Å². The maximum atomic E-state index is 10.9. The zero-order valence-electron chi connectivity index (χ0n) is 10.3. The van der Waals surface area contributed by atoms with Crippen LogP contribution < -0.4 is 4.90 Å². The van der Waals surface area contributed by atoms with Crippen LogP contribution in [0, 0.1) is 6.92 Å². The van der Waals surface area contributed by atoms with Crippen molar-refractivity contribution in [2.45, 2.75) is 36.5 Å². The van der Waals surface area contributed by atoms with Crippen LogP contribution in [0.15, 0.2) is 23.1 Å². The maximum Gasteiger partial charge on any atom is 0.304 e. The first-order valence-corrected chi connectivity index (χ1v) is 6.59. The van der Waals surface area contributed by atoms with E-state index >= 15 is 0 Å². The number of rotatable bonds is 2. The number of nitrogens with zero attached hydrogens (tertiary/aromatic N) is 1. The van der Waals surface area contributed by atoms with E-state index in [1.165, 1.54) is 16.1 Å². The molecule has 3 nitrogen and oxygen atoms in total. The molecule has 0 saturated heterocycles. The topological polar surface area (TPSA) is 40.5 Å². The number of hydrogen-bond acceptors (Lipinski definition) is 3. The SMILES string of the molecule is Cc1ccc2c(c1)N(C)C(C)C(CC(=O)O)S2. The predicted molar refractivity (Wildman–Crippen MR) is 70.9 cm³/mol. The monoisotopic (exact) mass is 251 g/mol. The summed E-state index contributed by atoms with van der Waals surface area (Å²) in [5.74, 6) is -0.724. The Morgan fingerprint density at radius 1 is 1.53 bits per heavy atom. The van der Waals surface area contributed by atoms with Crippen LogP contribution in [0.4, 0.5) is 5.69 Å². The number of thioether (sulfide) groups is 1. The Hall–Kier alpha value is -1.16. The van der Waals surface area contributed by atoms with E-state index in [-0.39, 0.29) is 17.7 Å². The summed E-state index contributed by atoms with van der Waals surface area (Å²) in [4.78, 5) is 14.2. The van der Waals surface area contributed by atoms with Crippen molar-refractivity contribution < 1.29 is 9.90 Å². The van der Waals surface area contributed by atoms with Gasteiger partial charge in [-0.2, -0.15) is 0 Å². The van der Waals surface area contributed by atoms with E-state index in [0.717, 1.165) is 0 Å². The molecule has 0 aromatic heterocycles. The van der Waals surface area contributed by atoms with E-state index in [1.807, 2.05) is 7.05 Å². The quantitative estimate of drug-likeness (QED) is 0.877. The Balaban J connectivity index is 2.32. The van der Waals surface area contributed by atoms with Gasteiger partial charge in [-0.3, -0.25) is 4.79 Å². The number of fused-ring (bicyclic) bond motifs is 1. The summed E-state index contributed by atoms with van der Waals surface area (Å²) in [6.45, 7) is 4.17. The number of anilines is 1. The van der Waals surface area contributed by atoms with Crippen molar-refractivity contribution in [3.63, 3.8) is 0 Å². The Bertz CT molecular complexity index is 447. The molecule has 2 rings (SSSR count). The summed E-state index contributed by atoms with van der Waals surface area (Å²) in [7, 11) is 2.04. The van der Waals surface area contributed by atoms with Crippen LogP contribution >= 0.6 is 11.8 Å². The summed E-state index contributed by atoms with van der Waals surface area (Å²) < 4.78 is 0. The molecule has 92 valence electrons. The molecule has 2 unspecified atom stereocenters. The van der Waals surface area contributed by atoms with Crippen LogP contribution in [0.3, 0.4) is 0 Å². The van der Waals surface area contributed by atoms with Crippen molar-refractivity contribution in [2.75, 3.05) is 11.9 Å². The van der Waals surface area contributed by atoms with Crippen LogP contribution in [-0.2, 0) is 4.79 Å². The predicted octanol–water partition coefficient (Wildman–Crippen LogP) is 2.77. The highest BCUT2D eigenvalue weighted by Gasteiger charge is 2.31. The van der Waals surface area contributed by atoms with Gasteiger partial charge in [-0.1, -0.05) is 6.07 Å². The van der Waals surface area contributed by atoms with Crippen LogP contribution in [-0.4, -0.2) is 29.4 Å². The van der Waals surface area contributed by atoms with Crippen molar-refractivity contribution >= 4 is 23.4 Å². The van der Waals surface area contributed by atoms with E-state index in [4.69, 9.17) is 5.11 Å². The molecule has 0 spiro atoms. The van der Waals surface area contributed by atoms with Gasteiger partial charge in [0.25, 0.3) is 0 Å². The van der Waals surface area contributed by atoms with E-state index in [2.05, 4.69) is 36.9 Å². The number of carbonyl (C=O) groups is 1. The first-order chi connectivity index (χ1) is 7.99. The van der Waals surface area contributed by atoms with Gasteiger partial charge in [0.2, 0.25) is 0 Å². The van der Waals surface area contributed by atoms with Crippen molar-refractivity contribution in [3.05, 3.63) is 23.8 Å². The fourth-order valence-electron chi connectivity index (χ4n) is 2.12. The molecule has 2 atom stereocenters. The lowest BCUT2D eigenvalue weighted by Crippen LogP contribution is -2.41. The largest absolute Gasteiger partial charge is 0.481 e. The van der Waals surface area contributed by atoms with Gasteiger partial charge in [0.15, 0.2) is 0 Å². The number of carboxylic acid groups (broad SMARTS) is 1. The van der Waals surface area contributed by atoms with Gasteiger partial charge in [0.05, 0.1) is 12.1 Å². The van der Waals surface area contributed by atoms with Gasteiger partial charge < -0.3 is 10.0 Å². The fraction of sp³-hybridized carbons (Fsp3) is 0.462. The molecular formula is C13H17NO2S. The summed E-state index contributed by atoms with van der Waals surface area (Å²) in [6.07, 6.45) is 0.212.